The summed E-state index contributed by atoms with van der Waals surface area (Å²) in [6.45, 7) is 0.343. The molecule has 5 heteroatoms. The molecule has 5 nitrogen and oxygen atoms in total. The third-order valence-corrected chi connectivity index (χ3v) is 4.47. The summed E-state index contributed by atoms with van der Waals surface area (Å²) in [4.78, 5) is 0. The molecule has 1 spiro atoms. The molecule has 0 amide bonds. The predicted molar refractivity (Wildman–Crippen MR) is 75.5 cm³/mol. The Morgan fingerprint density at radius 3 is 2.71 bits per heavy atom. The molecule has 116 valence electrons. The molecule has 1 aromatic carbocycles. The lowest BCUT2D eigenvalue weighted by molar-refractivity contribution is -0.346. The number of aliphatic hydroxyl groups excluding tert-OH is 3. The van der Waals surface area contributed by atoms with Gasteiger partial charge in [-0.3, -0.25) is 0 Å². The van der Waals surface area contributed by atoms with E-state index in [9.17, 15) is 10.2 Å². The lowest BCUT2D eigenvalue weighted by Gasteiger charge is -2.46. The molecule has 2 heterocycles. The van der Waals surface area contributed by atoms with Crippen molar-refractivity contribution in [2.24, 2.45) is 0 Å². The van der Waals surface area contributed by atoms with Crippen molar-refractivity contribution in [3.05, 3.63) is 35.4 Å². The molecule has 3 rings (SSSR count). The minimum absolute atomic E-state index is 0.0101. The Balaban J connectivity index is 1.82. The maximum absolute atomic E-state index is 10.4. The summed E-state index contributed by atoms with van der Waals surface area (Å²) in [5, 5.41) is 29.6. The van der Waals surface area contributed by atoms with Crippen LogP contribution in [0.1, 0.15) is 30.4 Å². The first-order valence-electron chi connectivity index (χ1n) is 7.50. The van der Waals surface area contributed by atoms with E-state index in [1.54, 1.807) is 0 Å². The zero-order chi connectivity index (χ0) is 14.9. The van der Waals surface area contributed by atoms with Crippen molar-refractivity contribution in [1.82, 2.24) is 0 Å². The van der Waals surface area contributed by atoms with Gasteiger partial charge < -0.3 is 24.8 Å². The number of hydrogen-bond donors (Lipinski definition) is 3. The fourth-order valence-corrected chi connectivity index (χ4v) is 3.26. The van der Waals surface area contributed by atoms with Crippen LogP contribution in [0.4, 0.5) is 0 Å². The van der Waals surface area contributed by atoms with E-state index in [4.69, 9.17) is 14.6 Å². The van der Waals surface area contributed by atoms with Gasteiger partial charge in [0.2, 0.25) is 0 Å². The summed E-state index contributed by atoms with van der Waals surface area (Å²) in [7, 11) is 0. The Hall–Kier alpha value is -0.980. The van der Waals surface area contributed by atoms with Crippen LogP contribution in [-0.2, 0) is 22.5 Å². The van der Waals surface area contributed by atoms with Gasteiger partial charge >= 0.3 is 0 Å². The first-order valence-corrected chi connectivity index (χ1v) is 7.50. The van der Waals surface area contributed by atoms with E-state index < -0.39 is 18.0 Å². The molecule has 21 heavy (non-hydrogen) atoms. The van der Waals surface area contributed by atoms with Crippen molar-refractivity contribution in [3.8, 4) is 0 Å². The topological polar surface area (TPSA) is 79.2 Å². The van der Waals surface area contributed by atoms with Gasteiger partial charge in [-0.15, -0.1) is 0 Å². The van der Waals surface area contributed by atoms with Crippen LogP contribution >= 0.6 is 0 Å². The second-order valence-corrected chi connectivity index (χ2v) is 5.87. The van der Waals surface area contributed by atoms with Crippen LogP contribution in [0, 0.1) is 0 Å². The zero-order valence-corrected chi connectivity index (χ0v) is 11.9. The highest BCUT2D eigenvalue weighted by Crippen LogP contribution is 2.38. The minimum Gasteiger partial charge on any atom is -0.396 e. The van der Waals surface area contributed by atoms with Crippen LogP contribution in [-0.4, -0.2) is 46.0 Å². The molecule has 2 aliphatic heterocycles. The van der Waals surface area contributed by atoms with Crippen LogP contribution in [0.2, 0.25) is 0 Å². The molecule has 1 aromatic rings. The number of rotatable bonds is 2. The monoisotopic (exact) mass is 294 g/mol. The van der Waals surface area contributed by atoms with Crippen molar-refractivity contribution < 1.29 is 24.8 Å². The first kappa shape index (κ1) is 14.9. The average molecular weight is 294 g/mol. The maximum Gasteiger partial charge on any atom is 0.197 e. The van der Waals surface area contributed by atoms with E-state index in [1.807, 2.05) is 18.2 Å². The van der Waals surface area contributed by atoms with Gasteiger partial charge in [0.1, 0.15) is 6.10 Å². The molecule has 0 aliphatic carbocycles. The van der Waals surface area contributed by atoms with Gasteiger partial charge in [-0.25, -0.2) is 0 Å². The third-order valence-electron chi connectivity index (χ3n) is 4.47. The van der Waals surface area contributed by atoms with E-state index in [-0.39, 0.29) is 12.7 Å². The van der Waals surface area contributed by atoms with Crippen LogP contribution in [0.5, 0.6) is 0 Å². The van der Waals surface area contributed by atoms with E-state index >= 15 is 0 Å². The first-order chi connectivity index (χ1) is 10.1. The van der Waals surface area contributed by atoms with Gasteiger partial charge in [0.05, 0.1) is 18.8 Å². The highest BCUT2D eigenvalue weighted by atomic mass is 16.7. The smallest absolute Gasteiger partial charge is 0.197 e. The number of fused-ring (bicyclic) bond motifs is 1. The SMILES string of the molecule is OCCC1CC(O)C(O)[C@@]2(CCc3ccccc3CO2)O1. The Labute approximate surface area is 124 Å². The second kappa shape index (κ2) is 6.02. The molecule has 3 N–H and O–H groups in total. The molecule has 0 saturated carbocycles. The van der Waals surface area contributed by atoms with Gasteiger partial charge in [0, 0.05) is 19.4 Å². The standard InChI is InChI=1S/C16H22O5/c17-8-6-13-9-14(18)15(19)16(21-13)7-5-11-3-1-2-4-12(11)10-20-16/h1-4,13-15,17-19H,5-10H2/t13?,14?,15?,16-/m1/s1. The highest BCUT2D eigenvalue weighted by Gasteiger charge is 2.50. The molecule has 0 aromatic heterocycles. The van der Waals surface area contributed by atoms with Crippen molar-refractivity contribution in [3.63, 3.8) is 0 Å². The molecule has 2 aliphatic rings. The van der Waals surface area contributed by atoms with E-state index in [1.165, 1.54) is 5.56 Å². The van der Waals surface area contributed by atoms with E-state index in [0.29, 0.717) is 25.9 Å². The summed E-state index contributed by atoms with van der Waals surface area (Å²) in [6, 6.07) is 8.00. The molecule has 1 saturated heterocycles. The summed E-state index contributed by atoms with van der Waals surface area (Å²) >= 11 is 0. The molecule has 3 unspecified atom stereocenters. The maximum atomic E-state index is 10.4. The van der Waals surface area contributed by atoms with Crippen LogP contribution in [0.15, 0.2) is 24.3 Å². The molecule has 1 fully saturated rings. The van der Waals surface area contributed by atoms with Gasteiger partial charge in [-0.2, -0.15) is 0 Å². The van der Waals surface area contributed by atoms with E-state index in [2.05, 4.69) is 6.07 Å². The number of aryl methyl sites for hydroxylation is 1. The zero-order valence-electron chi connectivity index (χ0n) is 11.9. The van der Waals surface area contributed by atoms with Gasteiger partial charge in [0.25, 0.3) is 0 Å². The van der Waals surface area contributed by atoms with Crippen molar-refractivity contribution in [1.29, 1.82) is 0 Å². The van der Waals surface area contributed by atoms with Gasteiger partial charge in [-0.05, 0) is 24.0 Å². The van der Waals surface area contributed by atoms with Crippen LogP contribution in [0.25, 0.3) is 0 Å². The Kier molecular flexibility index (Phi) is 4.28. The largest absolute Gasteiger partial charge is 0.396 e. The summed E-state index contributed by atoms with van der Waals surface area (Å²) < 4.78 is 11.9. The normalized spacial score (nSPS) is 36.2. The Morgan fingerprint density at radius 2 is 1.95 bits per heavy atom. The Morgan fingerprint density at radius 1 is 1.19 bits per heavy atom. The number of benzene rings is 1. The van der Waals surface area contributed by atoms with Crippen molar-refractivity contribution >= 4 is 0 Å². The molecule has 4 atom stereocenters. The number of hydrogen-bond acceptors (Lipinski definition) is 5. The van der Waals surface area contributed by atoms with Crippen molar-refractivity contribution in [2.75, 3.05) is 6.61 Å². The molecule has 0 radical (unpaired) electrons. The van der Waals surface area contributed by atoms with Gasteiger partial charge in [0.15, 0.2) is 5.79 Å². The molecule has 0 bridgehead atoms. The van der Waals surface area contributed by atoms with Crippen LogP contribution < -0.4 is 0 Å². The van der Waals surface area contributed by atoms with Crippen LogP contribution in [0.3, 0.4) is 0 Å². The molecular formula is C16H22O5. The quantitative estimate of drug-likeness (QED) is 0.750. The number of aliphatic hydroxyl groups is 3. The summed E-state index contributed by atoms with van der Waals surface area (Å²) in [6.07, 6.45) is -0.287. The van der Waals surface area contributed by atoms with Gasteiger partial charge in [-0.1, -0.05) is 24.3 Å². The fourth-order valence-electron chi connectivity index (χ4n) is 3.26. The summed E-state index contributed by atoms with van der Waals surface area (Å²) in [5.74, 6) is -1.18. The predicted octanol–water partition coefficient (Wildman–Crippen LogP) is 0.739. The number of ether oxygens (including phenoxy) is 2. The lowest BCUT2D eigenvalue weighted by atomic mass is 9.90. The highest BCUT2D eigenvalue weighted by molar-refractivity contribution is 5.27. The van der Waals surface area contributed by atoms with E-state index in [0.717, 1.165) is 12.0 Å². The van der Waals surface area contributed by atoms with Crippen molar-refractivity contribution in [2.45, 2.75) is 56.4 Å². The third kappa shape index (κ3) is 2.84. The fraction of sp³-hybridized carbons (Fsp3) is 0.625. The second-order valence-electron chi connectivity index (χ2n) is 5.87. The lowest BCUT2D eigenvalue weighted by Crippen LogP contribution is -2.59. The minimum atomic E-state index is -1.18. The summed E-state index contributed by atoms with van der Waals surface area (Å²) in [5.41, 5.74) is 2.27. The molecular weight excluding hydrogens is 272 g/mol. The average Bonchev–Trinajstić information content (AvgIpc) is 2.67. The Bertz CT molecular complexity index is 462.